The summed E-state index contributed by atoms with van der Waals surface area (Å²) in [6.07, 6.45) is 3.50. The Bertz CT molecular complexity index is 402. The Kier molecular flexibility index (Phi) is 3.08. The average molecular weight is 244 g/mol. The average Bonchev–Trinajstić information content (AvgIpc) is 2.39. The highest BCUT2D eigenvalue weighted by atomic mass is 16.1. The highest BCUT2D eigenvalue weighted by Crippen LogP contribution is 2.42. The Balaban J connectivity index is 1.54. The SMILES string of the molecule is O=CCN1CCC2(CC1)CN(c1ccccc1)C2. The molecule has 2 saturated heterocycles. The van der Waals surface area contributed by atoms with Crippen LogP contribution < -0.4 is 4.90 Å². The lowest BCUT2D eigenvalue weighted by Crippen LogP contribution is -2.60. The van der Waals surface area contributed by atoms with E-state index < -0.39 is 0 Å². The van der Waals surface area contributed by atoms with Gasteiger partial charge in [-0.25, -0.2) is 0 Å². The van der Waals surface area contributed by atoms with Gasteiger partial charge in [-0.2, -0.15) is 0 Å². The smallest absolute Gasteiger partial charge is 0.133 e. The molecule has 0 aliphatic carbocycles. The Morgan fingerprint density at radius 1 is 1.11 bits per heavy atom. The van der Waals surface area contributed by atoms with Crippen LogP contribution >= 0.6 is 0 Å². The third-order valence-electron chi connectivity index (χ3n) is 4.42. The summed E-state index contributed by atoms with van der Waals surface area (Å²) in [7, 11) is 0. The topological polar surface area (TPSA) is 23.6 Å². The maximum atomic E-state index is 10.5. The number of nitrogens with zero attached hydrogens (tertiary/aromatic N) is 2. The molecule has 1 aromatic carbocycles. The molecule has 0 N–H and O–H groups in total. The van der Waals surface area contributed by atoms with Gasteiger partial charge in [0.1, 0.15) is 6.29 Å². The van der Waals surface area contributed by atoms with Crippen molar-refractivity contribution in [1.82, 2.24) is 4.90 Å². The molecule has 0 unspecified atom stereocenters. The first-order valence-corrected chi connectivity index (χ1v) is 6.77. The van der Waals surface area contributed by atoms with E-state index in [2.05, 4.69) is 40.1 Å². The molecule has 2 aliphatic heterocycles. The van der Waals surface area contributed by atoms with E-state index in [1.54, 1.807) is 0 Å². The van der Waals surface area contributed by atoms with E-state index in [9.17, 15) is 4.79 Å². The molecule has 96 valence electrons. The number of carbonyl (C=O) groups excluding carboxylic acids is 1. The molecule has 0 aromatic heterocycles. The van der Waals surface area contributed by atoms with Crippen LogP contribution in [0.4, 0.5) is 5.69 Å². The van der Waals surface area contributed by atoms with Crippen LogP contribution in [-0.4, -0.2) is 43.9 Å². The van der Waals surface area contributed by atoms with Gasteiger partial charge in [-0.1, -0.05) is 18.2 Å². The fourth-order valence-electron chi connectivity index (χ4n) is 3.22. The zero-order valence-corrected chi connectivity index (χ0v) is 10.7. The van der Waals surface area contributed by atoms with Crippen molar-refractivity contribution in [3.05, 3.63) is 30.3 Å². The van der Waals surface area contributed by atoms with Crippen molar-refractivity contribution in [3.8, 4) is 0 Å². The minimum atomic E-state index is 0.523. The molecule has 0 saturated carbocycles. The van der Waals surface area contributed by atoms with Crippen molar-refractivity contribution in [2.24, 2.45) is 5.41 Å². The van der Waals surface area contributed by atoms with E-state index in [0.29, 0.717) is 12.0 Å². The number of benzene rings is 1. The Morgan fingerprint density at radius 3 is 2.39 bits per heavy atom. The lowest BCUT2D eigenvalue weighted by atomic mass is 9.72. The summed E-state index contributed by atoms with van der Waals surface area (Å²) in [4.78, 5) is 15.2. The van der Waals surface area contributed by atoms with Crippen LogP contribution in [0.3, 0.4) is 0 Å². The highest BCUT2D eigenvalue weighted by molar-refractivity contribution is 5.52. The number of piperidine rings is 1. The number of para-hydroxylation sites is 1. The van der Waals surface area contributed by atoms with Crippen LogP contribution in [-0.2, 0) is 4.79 Å². The Labute approximate surface area is 108 Å². The zero-order chi connectivity index (χ0) is 12.4. The summed E-state index contributed by atoms with van der Waals surface area (Å²) in [5, 5.41) is 0. The van der Waals surface area contributed by atoms with Crippen molar-refractivity contribution < 1.29 is 4.79 Å². The van der Waals surface area contributed by atoms with Gasteiger partial charge < -0.3 is 9.69 Å². The minimum Gasteiger partial charge on any atom is -0.370 e. The lowest BCUT2D eigenvalue weighted by Gasteiger charge is -2.55. The zero-order valence-electron chi connectivity index (χ0n) is 10.7. The van der Waals surface area contributed by atoms with Gasteiger partial charge in [0, 0.05) is 24.2 Å². The van der Waals surface area contributed by atoms with Crippen molar-refractivity contribution in [1.29, 1.82) is 0 Å². The van der Waals surface area contributed by atoms with Crippen molar-refractivity contribution in [3.63, 3.8) is 0 Å². The summed E-state index contributed by atoms with van der Waals surface area (Å²) < 4.78 is 0. The first-order chi connectivity index (χ1) is 8.81. The van der Waals surface area contributed by atoms with Gasteiger partial charge >= 0.3 is 0 Å². The minimum absolute atomic E-state index is 0.523. The lowest BCUT2D eigenvalue weighted by molar-refractivity contribution is -0.109. The quantitative estimate of drug-likeness (QED) is 0.757. The molecule has 2 fully saturated rings. The molecule has 2 heterocycles. The number of carbonyl (C=O) groups is 1. The first kappa shape index (κ1) is 11.7. The van der Waals surface area contributed by atoms with E-state index in [0.717, 1.165) is 19.4 Å². The first-order valence-electron chi connectivity index (χ1n) is 6.77. The van der Waals surface area contributed by atoms with E-state index in [4.69, 9.17) is 0 Å². The number of anilines is 1. The van der Waals surface area contributed by atoms with E-state index in [1.165, 1.54) is 31.6 Å². The molecule has 3 heteroatoms. The number of hydrogen-bond donors (Lipinski definition) is 0. The maximum Gasteiger partial charge on any atom is 0.133 e. The summed E-state index contributed by atoms with van der Waals surface area (Å²) in [5.74, 6) is 0. The van der Waals surface area contributed by atoms with Crippen LogP contribution in [0.15, 0.2) is 30.3 Å². The van der Waals surface area contributed by atoms with Crippen LogP contribution in [0.25, 0.3) is 0 Å². The Morgan fingerprint density at radius 2 is 1.78 bits per heavy atom. The van der Waals surface area contributed by atoms with Crippen LogP contribution in [0.1, 0.15) is 12.8 Å². The molecule has 0 amide bonds. The van der Waals surface area contributed by atoms with Crippen molar-refractivity contribution in [2.45, 2.75) is 12.8 Å². The molecular weight excluding hydrogens is 224 g/mol. The number of hydrogen-bond acceptors (Lipinski definition) is 3. The van der Waals surface area contributed by atoms with Crippen LogP contribution in [0.5, 0.6) is 0 Å². The molecule has 2 aliphatic rings. The molecule has 3 rings (SSSR count). The number of likely N-dealkylation sites (tertiary alicyclic amines) is 1. The van der Waals surface area contributed by atoms with Crippen LogP contribution in [0, 0.1) is 5.41 Å². The predicted octanol–water partition coefficient (Wildman–Crippen LogP) is 1.79. The molecule has 0 bridgehead atoms. The van der Waals surface area contributed by atoms with Crippen molar-refractivity contribution in [2.75, 3.05) is 37.6 Å². The fourth-order valence-corrected chi connectivity index (χ4v) is 3.22. The Hall–Kier alpha value is -1.35. The summed E-state index contributed by atoms with van der Waals surface area (Å²) in [5.41, 5.74) is 1.87. The second-order valence-corrected chi connectivity index (χ2v) is 5.66. The van der Waals surface area contributed by atoms with Gasteiger partial charge in [0.15, 0.2) is 0 Å². The van der Waals surface area contributed by atoms with Gasteiger partial charge in [-0.3, -0.25) is 4.90 Å². The van der Waals surface area contributed by atoms with Gasteiger partial charge in [-0.15, -0.1) is 0 Å². The number of aldehydes is 1. The standard InChI is InChI=1S/C15H20N2O/c18-11-10-16-8-6-15(7-9-16)12-17(13-15)14-4-2-1-3-5-14/h1-5,11H,6-10,12-13H2. The van der Waals surface area contributed by atoms with Crippen LogP contribution in [0.2, 0.25) is 0 Å². The molecule has 1 spiro atoms. The monoisotopic (exact) mass is 244 g/mol. The summed E-state index contributed by atoms with van der Waals surface area (Å²) >= 11 is 0. The van der Waals surface area contributed by atoms with Gasteiger partial charge in [-0.05, 0) is 38.1 Å². The van der Waals surface area contributed by atoms with E-state index in [1.807, 2.05) is 0 Å². The highest BCUT2D eigenvalue weighted by Gasteiger charge is 2.44. The summed E-state index contributed by atoms with van der Waals surface area (Å²) in [6, 6.07) is 10.7. The maximum absolute atomic E-state index is 10.5. The van der Waals surface area contributed by atoms with Gasteiger partial charge in [0.2, 0.25) is 0 Å². The molecule has 18 heavy (non-hydrogen) atoms. The molecule has 0 radical (unpaired) electrons. The third kappa shape index (κ3) is 2.15. The van der Waals surface area contributed by atoms with Gasteiger partial charge in [0.05, 0.1) is 6.54 Å². The number of rotatable bonds is 3. The predicted molar refractivity (Wildman–Crippen MR) is 72.8 cm³/mol. The second kappa shape index (κ2) is 4.73. The largest absolute Gasteiger partial charge is 0.370 e. The molecule has 1 aromatic rings. The molecule has 3 nitrogen and oxygen atoms in total. The fraction of sp³-hybridized carbons (Fsp3) is 0.533. The molecular formula is C15H20N2O. The van der Waals surface area contributed by atoms with Crippen molar-refractivity contribution >= 4 is 12.0 Å². The molecule has 0 atom stereocenters. The second-order valence-electron chi connectivity index (χ2n) is 5.66. The summed E-state index contributed by atoms with van der Waals surface area (Å²) in [6.45, 7) is 5.15. The van der Waals surface area contributed by atoms with E-state index in [-0.39, 0.29) is 0 Å². The third-order valence-corrected chi connectivity index (χ3v) is 4.42. The normalized spacial score (nSPS) is 22.8. The van der Waals surface area contributed by atoms with E-state index >= 15 is 0 Å². The van der Waals surface area contributed by atoms with Gasteiger partial charge in [0.25, 0.3) is 0 Å².